The topological polar surface area (TPSA) is 62.7 Å². The van der Waals surface area contributed by atoms with Gasteiger partial charge < -0.3 is 14.9 Å². The van der Waals surface area contributed by atoms with E-state index in [0.717, 1.165) is 33.5 Å². The Morgan fingerprint density at radius 3 is 2.83 bits per heavy atom. The van der Waals surface area contributed by atoms with Gasteiger partial charge in [-0.1, -0.05) is 0 Å². The Bertz CT molecular complexity index is 894. The molecule has 24 heavy (non-hydrogen) atoms. The highest BCUT2D eigenvalue weighted by atomic mass is 19.1. The van der Waals surface area contributed by atoms with E-state index in [1.165, 1.54) is 12.1 Å². The largest absolute Gasteiger partial charge is 0.358 e. The Balaban J connectivity index is 1.64. The lowest BCUT2D eigenvalue weighted by molar-refractivity contribution is -0.120. The quantitative estimate of drug-likeness (QED) is 0.756. The molecule has 5 nitrogen and oxygen atoms in total. The highest BCUT2D eigenvalue weighted by Gasteiger charge is 2.13. The summed E-state index contributed by atoms with van der Waals surface area (Å²) in [6.07, 6.45) is 2.01. The van der Waals surface area contributed by atoms with Crippen LogP contribution in [0.5, 0.6) is 0 Å². The van der Waals surface area contributed by atoms with Gasteiger partial charge in [0.25, 0.3) is 0 Å². The number of nitrogens with one attached hydrogen (secondary N) is 2. The predicted molar refractivity (Wildman–Crippen MR) is 91.4 cm³/mol. The molecule has 0 aliphatic heterocycles. The fraction of sp³-hybridized carbons (Fsp3) is 0.333. The van der Waals surface area contributed by atoms with E-state index in [-0.39, 0.29) is 18.1 Å². The molecule has 0 saturated heterocycles. The van der Waals surface area contributed by atoms with Crippen molar-refractivity contribution in [2.45, 2.75) is 33.7 Å². The van der Waals surface area contributed by atoms with Gasteiger partial charge in [0.2, 0.25) is 5.91 Å². The molecule has 0 spiro atoms. The number of carbonyl (C=O) groups excluding carboxylic acids is 1. The number of hydrogen-bond donors (Lipinski definition) is 2. The molecule has 0 bridgehead atoms. The van der Waals surface area contributed by atoms with Gasteiger partial charge in [-0.05, 0) is 44.5 Å². The first-order chi connectivity index (χ1) is 11.5. The average molecular weight is 328 g/mol. The molecule has 0 saturated carbocycles. The van der Waals surface area contributed by atoms with Gasteiger partial charge in [-0.25, -0.2) is 9.37 Å². The summed E-state index contributed by atoms with van der Waals surface area (Å²) in [5.74, 6) is -0.369. The van der Waals surface area contributed by atoms with Crippen LogP contribution in [0.3, 0.4) is 0 Å². The van der Waals surface area contributed by atoms with Gasteiger partial charge >= 0.3 is 0 Å². The molecule has 0 atom stereocenters. The number of imidazole rings is 1. The second-order valence-electron chi connectivity index (χ2n) is 6.05. The van der Waals surface area contributed by atoms with E-state index in [1.54, 1.807) is 12.4 Å². The number of H-pyrrole nitrogens is 1. The van der Waals surface area contributed by atoms with Gasteiger partial charge in [-0.15, -0.1) is 0 Å². The van der Waals surface area contributed by atoms with E-state index in [0.29, 0.717) is 13.1 Å². The van der Waals surface area contributed by atoms with Crippen LogP contribution in [0.2, 0.25) is 0 Å². The van der Waals surface area contributed by atoms with Crippen molar-refractivity contribution in [1.29, 1.82) is 0 Å². The maximum absolute atomic E-state index is 13.5. The standard InChI is InChI=1S/C18H21FN4O/c1-11-13(3)23(10-21-11)7-6-20-18(24)9-15-12(2)22-17-5-4-14(19)8-16(15)17/h4-5,8,10,22H,6-7,9H2,1-3H3,(H,20,24). The van der Waals surface area contributed by atoms with Crippen molar-refractivity contribution in [3.63, 3.8) is 0 Å². The van der Waals surface area contributed by atoms with E-state index in [1.807, 2.05) is 25.3 Å². The van der Waals surface area contributed by atoms with Crippen molar-refractivity contribution in [1.82, 2.24) is 19.9 Å². The Labute approximate surface area is 139 Å². The van der Waals surface area contributed by atoms with Crippen LogP contribution >= 0.6 is 0 Å². The van der Waals surface area contributed by atoms with E-state index in [2.05, 4.69) is 15.3 Å². The first-order valence-electron chi connectivity index (χ1n) is 7.97. The second-order valence-corrected chi connectivity index (χ2v) is 6.05. The molecule has 0 radical (unpaired) electrons. The van der Waals surface area contributed by atoms with Gasteiger partial charge in [-0.3, -0.25) is 4.79 Å². The van der Waals surface area contributed by atoms with Crippen LogP contribution in [0, 0.1) is 26.6 Å². The van der Waals surface area contributed by atoms with E-state index in [4.69, 9.17) is 0 Å². The highest BCUT2D eigenvalue weighted by molar-refractivity contribution is 5.90. The SMILES string of the molecule is Cc1ncn(CCNC(=O)Cc2c(C)[nH]c3ccc(F)cc23)c1C. The van der Waals surface area contributed by atoms with Gasteiger partial charge in [-0.2, -0.15) is 0 Å². The smallest absolute Gasteiger partial charge is 0.224 e. The number of benzene rings is 1. The van der Waals surface area contributed by atoms with Crippen molar-refractivity contribution in [2.75, 3.05) is 6.54 Å². The molecule has 2 N–H and O–H groups in total. The third-order valence-corrected chi connectivity index (χ3v) is 4.44. The monoisotopic (exact) mass is 328 g/mol. The van der Waals surface area contributed by atoms with Gasteiger partial charge in [0.1, 0.15) is 5.82 Å². The van der Waals surface area contributed by atoms with Crippen molar-refractivity contribution in [2.24, 2.45) is 0 Å². The van der Waals surface area contributed by atoms with Gasteiger partial charge in [0.15, 0.2) is 0 Å². The minimum atomic E-state index is -0.297. The third kappa shape index (κ3) is 3.18. The molecule has 1 amide bonds. The van der Waals surface area contributed by atoms with Crippen LogP contribution in [-0.4, -0.2) is 27.0 Å². The zero-order chi connectivity index (χ0) is 17.3. The van der Waals surface area contributed by atoms with Crippen molar-refractivity contribution >= 4 is 16.8 Å². The van der Waals surface area contributed by atoms with Crippen molar-refractivity contribution in [3.05, 3.63) is 53.0 Å². The molecule has 0 unspecified atom stereocenters. The Morgan fingerprint density at radius 1 is 1.33 bits per heavy atom. The van der Waals surface area contributed by atoms with Crippen LogP contribution < -0.4 is 5.32 Å². The minimum Gasteiger partial charge on any atom is -0.358 e. The highest BCUT2D eigenvalue weighted by Crippen LogP contribution is 2.23. The number of rotatable bonds is 5. The van der Waals surface area contributed by atoms with Crippen LogP contribution in [0.15, 0.2) is 24.5 Å². The lowest BCUT2D eigenvalue weighted by Gasteiger charge is -2.08. The maximum atomic E-state index is 13.5. The molecule has 126 valence electrons. The molecule has 2 aromatic heterocycles. The molecule has 0 aliphatic rings. The van der Waals surface area contributed by atoms with E-state index < -0.39 is 0 Å². The number of halogens is 1. The second kappa shape index (κ2) is 6.47. The number of carbonyl (C=O) groups is 1. The molecule has 6 heteroatoms. The number of aromatic nitrogens is 3. The number of amides is 1. The zero-order valence-corrected chi connectivity index (χ0v) is 14.1. The normalized spacial score (nSPS) is 11.2. The average Bonchev–Trinajstić information content (AvgIpc) is 3.01. The molecular formula is C18H21FN4O. The summed E-state index contributed by atoms with van der Waals surface area (Å²) in [4.78, 5) is 19.7. The van der Waals surface area contributed by atoms with Crippen LogP contribution in [0.1, 0.15) is 22.6 Å². The summed E-state index contributed by atoms with van der Waals surface area (Å²) >= 11 is 0. The molecular weight excluding hydrogens is 307 g/mol. The predicted octanol–water partition coefficient (Wildman–Crippen LogP) is 2.79. The van der Waals surface area contributed by atoms with E-state index in [9.17, 15) is 9.18 Å². The fourth-order valence-electron chi connectivity index (χ4n) is 2.89. The summed E-state index contributed by atoms with van der Waals surface area (Å²) in [6.45, 7) is 7.08. The lowest BCUT2D eigenvalue weighted by atomic mass is 10.1. The number of fused-ring (bicyclic) bond motifs is 1. The Hall–Kier alpha value is -2.63. The lowest BCUT2D eigenvalue weighted by Crippen LogP contribution is -2.28. The van der Waals surface area contributed by atoms with Gasteiger partial charge in [0.05, 0.1) is 18.4 Å². The van der Waals surface area contributed by atoms with Crippen molar-refractivity contribution in [3.8, 4) is 0 Å². The fourth-order valence-corrected chi connectivity index (χ4v) is 2.89. The molecule has 0 aliphatic carbocycles. The van der Waals surface area contributed by atoms with Crippen molar-refractivity contribution < 1.29 is 9.18 Å². The Morgan fingerprint density at radius 2 is 2.12 bits per heavy atom. The summed E-state index contributed by atoms with van der Waals surface area (Å²) in [5.41, 5.74) is 4.69. The molecule has 3 rings (SSSR count). The number of nitrogens with zero attached hydrogens (tertiary/aromatic N) is 2. The number of hydrogen-bond acceptors (Lipinski definition) is 2. The summed E-state index contributed by atoms with van der Waals surface area (Å²) in [5, 5.41) is 3.68. The molecule has 0 fully saturated rings. The number of aromatic amines is 1. The van der Waals surface area contributed by atoms with Crippen LogP contribution in [0.25, 0.3) is 10.9 Å². The molecule has 2 heterocycles. The minimum absolute atomic E-state index is 0.0715. The molecule has 1 aromatic carbocycles. The van der Waals surface area contributed by atoms with Crippen LogP contribution in [0.4, 0.5) is 4.39 Å². The summed E-state index contributed by atoms with van der Waals surface area (Å²) in [6, 6.07) is 4.58. The first-order valence-corrected chi connectivity index (χ1v) is 7.97. The third-order valence-electron chi connectivity index (χ3n) is 4.44. The first kappa shape index (κ1) is 16.2. The van der Waals surface area contributed by atoms with E-state index >= 15 is 0 Å². The summed E-state index contributed by atoms with van der Waals surface area (Å²) in [7, 11) is 0. The molecule has 3 aromatic rings. The number of aryl methyl sites for hydroxylation is 2. The van der Waals surface area contributed by atoms with Gasteiger partial charge in [0, 0.05) is 35.4 Å². The maximum Gasteiger partial charge on any atom is 0.224 e. The zero-order valence-electron chi connectivity index (χ0n) is 14.1. The summed E-state index contributed by atoms with van der Waals surface area (Å²) < 4.78 is 15.5. The van der Waals surface area contributed by atoms with Crippen LogP contribution in [-0.2, 0) is 17.8 Å². The Kier molecular flexibility index (Phi) is 4.38.